The highest BCUT2D eigenvalue weighted by Gasteiger charge is 2.38. The highest BCUT2D eigenvalue weighted by Crippen LogP contribution is 2.46. The van der Waals surface area contributed by atoms with Gasteiger partial charge in [-0.25, -0.2) is 0 Å². The van der Waals surface area contributed by atoms with E-state index in [1.54, 1.807) is 0 Å². The van der Waals surface area contributed by atoms with Crippen LogP contribution in [0.2, 0.25) is 0 Å². The minimum absolute atomic E-state index is 0.226. The zero-order chi connectivity index (χ0) is 12.0. The first kappa shape index (κ1) is 11.3. The van der Waals surface area contributed by atoms with Crippen LogP contribution < -0.4 is 5.73 Å². The molecule has 1 heterocycles. The van der Waals surface area contributed by atoms with Gasteiger partial charge in [0.1, 0.15) is 0 Å². The Labute approximate surface area is 110 Å². The van der Waals surface area contributed by atoms with E-state index in [4.69, 9.17) is 5.73 Å². The van der Waals surface area contributed by atoms with Crippen LogP contribution in [-0.4, -0.2) is 11.1 Å². The molecule has 1 aliphatic rings. The monoisotopic (exact) mass is 292 g/mol. The van der Waals surface area contributed by atoms with E-state index < -0.39 is 0 Å². The molecule has 3 rings (SSSR count). The van der Waals surface area contributed by atoms with Gasteiger partial charge in [0, 0.05) is 40.6 Å². The van der Waals surface area contributed by atoms with Crippen molar-refractivity contribution in [1.82, 2.24) is 4.57 Å². The van der Waals surface area contributed by atoms with Crippen LogP contribution >= 0.6 is 15.9 Å². The van der Waals surface area contributed by atoms with Crippen LogP contribution in [0.4, 0.5) is 0 Å². The second kappa shape index (κ2) is 3.85. The zero-order valence-corrected chi connectivity index (χ0v) is 11.6. The molecule has 0 atom stereocenters. The Morgan fingerprint density at radius 2 is 2.18 bits per heavy atom. The summed E-state index contributed by atoms with van der Waals surface area (Å²) in [6.07, 6.45) is 5.89. The molecule has 0 spiro atoms. The van der Waals surface area contributed by atoms with Crippen molar-refractivity contribution < 1.29 is 0 Å². The second-order valence-electron chi connectivity index (χ2n) is 5.13. The minimum Gasteiger partial charge on any atom is -0.349 e. The molecule has 0 bridgehead atoms. The second-order valence-corrected chi connectivity index (χ2v) is 5.98. The van der Waals surface area contributed by atoms with Crippen molar-refractivity contribution in [1.29, 1.82) is 0 Å². The Morgan fingerprint density at radius 1 is 1.41 bits per heavy atom. The van der Waals surface area contributed by atoms with E-state index in [9.17, 15) is 0 Å². The van der Waals surface area contributed by atoms with Gasteiger partial charge in [-0.2, -0.15) is 0 Å². The molecule has 17 heavy (non-hydrogen) atoms. The number of benzene rings is 1. The Morgan fingerprint density at radius 3 is 2.76 bits per heavy atom. The first-order chi connectivity index (χ1) is 8.18. The molecule has 0 radical (unpaired) electrons. The molecular formula is C14H17BrN2. The van der Waals surface area contributed by atoms with E-state index in [1.807, 2.05) is 0 Å². The number of fused-ring (bicyclic) bond motifs is 1. The molecule has 1 fully saturated rings. The summed E-state index contributed by atoms with van der Waals surface area (Å²) in [5.74, 6) is 0. The van der Waals surface area contributed by atoms with Gasteiger partial charge in [0.15, 0.2) is 0 Å². The smallest absolute Gasteiger partial charge is 0.0492 e. The van der Waals surface area contributed by atoms with Crippen LogP contribution in [0.15, 0.2) is 28.9 Å². The van der Waals surface area contributed by atoms with Gasteiger partial charge in [-0.1, -0.05) is 18.6 Å². The van der Waals surface area contributed by atoms with Crippen molar-refractivity contribution in [2.75, 3.05) is 6.54 Å². The number of aromatic nitrogens is 1. The fraction of sp³-hybridized carbons (Fsp3) is 0.429. The van der Waals surface area contributed by atoms with Gasteiger partial charge in [-0.05, 0) is 40.4 Å². The highest BCUT2D eigenvalue weighted by atomic mass is 79.9. The van der Waals surface area contributed by atoms with Crippen molar-refractivity contribution >= 4 is 26.8 Å². The first-order valence-corrected chi connectivity index (χ1v) is 6.91. The normalized spacial score (nSPS) is 18.3. The zero-order valence-electron chi connectivity index (χ0n) is 10.0. The topological polar surface area (TPSA) is 30.9 Å². The summed E-state index contributed by atoms with van der Waals surface area (Å²) in [6.45, 7) is 0.757. The third-order valence-corrected chi connectivity index (χ3v) is 4.84. The summed E-state index contributed by atoms with van der Waals surface area (Å²) in [6, 6.07) is 6.57. The van der Waals surface area contributed by atoms with Gasteiger partial charge in [0.25, 0.3) is 0 Å². The fourth-order valence-electron chi connectivity index (χ4n) is 3.02. The maximum absolute atomic E-state index is 6.03. The number of nitrogens with two attached hydrogens (primary N) is 1. The third kappa shape index (κ3) is 1.49. The summed E-state index contributed by atoms with van der Waals surface area (Å²) in [5.41, 5.74) is 8.97. The lowest BCUT2D eigenvalue weighted by atomic mass is 9.64. The molecule has 1 saturated carbocycles. The van der Waals surface area contributed by atoms with Crippen molar-refractivity contribution in [3.05, 3.63) is 34.4 Å². The molecule has 1 aliphatic carbocycles. The van der Waals surface area contributed by atoms with Gasteiger partial charge in [0.2, 0.25) is 0 Å². The largest absolute Gasteiger partial charge is 0.349 e. The summed E-state index contributed by atoms with van der Waals surface area (Å²) in [5, 5.41) is 1.35. The van der Waals surface area contributed by atoms with Crippen molar-refractivity contribution in [2.24, 2.45) is 12.8 Å². The molecule has 2 aromatic rings. The molecule has 90 valence electrons. The number of hydrogen-bond donors (Lipinski definition) is 1. The van der Waals surface area contributed by atoms with Gasteiger partial charge in [-0.15, -0.1) is 0 Å². The summed E-state index contributed by atoms with van der Waals surface area (Å²) in [7, 11) is 2.09. The highest BCUT2D eigenvalue weighted by molar-refractivity contribution is 9.10. The molecule has 3 heteroatoms. The first-order valence-electron chi connectivity index (χ1n) is 6.12. The molecule has 0 unspecified atom stereocenters. The van der Waals surface area contributed by atoms with E-state index in [0.29, 0.717) is 0 Å². The molecule has 2 nitrogen and oxygen atoms in total. The number of nitrogens with zero attached hydrogens (tertiary/aromatic N) is 1. The number of halogens is 1. The Kier molecular flexibility index (Phi) is 2.56. The lowest BCUT2D eigenvalue weighted by molar-refractivity contribution is 0.255. The summed E-state index contributed by atoms with van der Waals surface area (Å²) < 4.78 is 3.36. The predicted molar refractivity (Wildman–Crippen MR) is 75.2 cm³/mol. The maximum atomic E-state index is 6.03. The third-order valence-electron chi connectivity index (χ3n) is 4.24. The Hall–Kier alpha value is -0.800. The minimum atomic E-state index is 0.226. The quantitative estimate of drug-likeness (QED) is 0.904. The van der Waals surface area contributed by atoms with E-state index >= 15 is 0 Å². The van der Waals surface area contributed by atoms with Gasteiger partial charge < -0.3 is 10.3 Å². The predicted octanol–water partition coefficient (Wildman–Crippen LogP) is 3.32. The average Bonchev–Trinajstić information content (AvgIpc) is 2.55. The Bertz CT molecular complexity index is 561. The van der Waals surface area contributed by atoms with E-state index in [2.05, 4.69) is 51.9 Å². The van der Waals surface area contributed by atoms with E-state index in [1.165, 1.54) is 40.2 Å². The molecule has 0 saturated heterocycles. The fourth-order valence-corrected chi connectivity index (χ4v) is 3.74. The molecule has 0 aliphatic heterocycles. The summed E-state index contributed by atoms with van der Waals surface area (Å²) in [4.78, 5) is 0. The van der Waals surface area contributed by atoms with Crippen LogP contribution in [0.5, 0.6) is 0 Å². The van der Waals surface area contributed by atoms with Crippen molar-refractivity contribution in [3.63, 3.8) is 0 Å². The van der Waals surface area contributed by atoms with Crippen LogP contribution in [0.25, 0.3) is 10.9 Å². The van der Waals surface area contributed by atoms with E-state index in [-0.39, 0.29) is 5.41 Å². The van der Waals surface area contributed by atoms with E-state index in [0.717, 1.165) is 6.54 Å². The number of rotatable bonds is 2. The van der Waals surface area contributed by atoms with Gasteiger partial charge in [0.05, 0.1) is 0 Å². The molecule has 0 amide bonds. The standard InChI is InChI=1S/C14H17BrN2/c1-17-8-11(15)13-10(4-2-5-12(13)17)14(9-16)6-3-7-14/h2,4-5,8H,3,6-7,9,16H2,1H3. The van der Waals surface area contributed by atoms with Crippen LogP contribution in [-0.2, 0) is 12.5 Å². The van der Waals surface area contributed by atoms with Gasteiger partial charge >= 0.3 is 0 Å². The maximum Gasteiger partial charge on any atom is 0.0492 e. The SMILES string of the molecule is Cn1cc(Br)c2c(C3(CN)CCC3)cccc21. The van der Waals surface area contributed by atoms with Crippen LogP contribution in [0.3, 0.4) is 0 Å². The molecule has 1 aromatic heterocycles. The summed E-state index contributed by atoms with van der Waals surface area (Å²) >= 11 is 3.68. The number of aryl methyl sites for hydroxylation is 1. The molecular weight excluding hydrogens is 276 g/mol. The molecule has 2 N–H and O–H groups in total. The lowest BCUT2D eigenvalue weighted by Crippen LogP contribution is -2.41. The van der Waals surface area contributed by atoms with Crippen LogP contribution in [0, 0.1) is 0 Å². The molecule has 1 aromatic carbocycles. The number of hydrogen-bond acceptors (Lipinski definition) is 1. The van der Waals surface area contributed by atoms with Crippen molar-refractivity contribution in [2.45, 2.75) is 24.7 Å². The van der Waals surface area contributed by atoms with Gasteiger partial charge in [-0.3, -0.25) is 0 Å². The average molecular weight is 293 g/mol. The lowest BCUT2D eigenvalue weighted by Gasteiger charge is -2.42. The Balaban J connectivity index is 2.29. The van der Waals surface area contributed by atoms with Crippen molar-refractivity contribution in [3.8, 4) is 0 Å². The van der Waals surface area contributed by atoms with Crippen LogP contribution in [0.1, 0.15) is 24.8 Å².